The van der Waals surface area contributed by atoms with Crippen molar-refractivity contribution in [1.82, 2.24) is 0 Å². The maximum absolute atomic E-state index is 10.9. The van der Waals surface area contributed by atoms with Gasteiger partial charge in [-0.05, 0) is 17.5 Å². The fourth-order valence-corrected chi connectivity index (χ4v) is 2.00. The van der Waals surface area contributed by atoms with Crippen molar-refractivity contribution in [3.8, 4) is 0 Å². The Bertz CT molecular complexity index is 410. The molecule has 0 heterocycles. The minimum atomic E-state index is -0.753. The SMILES string of the molecule is COCC(C)(C)c1cccc(CC(C)C(=O)O)c1. The molecule has 1 atom stereocenters. The molecule has 0 spiro atoms. The van der Waals surface area contributed by atoms with Gasteiger partial charge in [-0.3, -0.25) is 4.79 Å². The minimum absolute atomic E-state index is 0.0583. The third-order valence-electron chi connectivity index (χ3n) is 3.18. The lowest BCUT2D eigenvalue weighted by atomic mass is 9.84. The molecule has 0 aromatic heterocycles. The van der Waals surface area contributed by atoms with Crippen LogP contribution in [-0.2, 0) is 21.4 Å². The Morgan fingerprint density at radius 1 is 1.44 bits per heavy atom. The van der Waals surface area contributed by atoms with Gasteiger partial charge < -0.3 is 9.84 Å². The fourth-order valence-electron chi connectivity index (χ4n) is 2.00. The highest BCUT2D eigenvalue weighted by Crippen LogP contribution is 2.25. The number of carbonyl (C=O) groups is 1. The van der Waals surface area contributed by atoms with Crippen LogP contribution in [0.15, 0.2) is 24.3 Å². The molecule has 0 saturated carbocycles. The van der Waals surface area contributed by atoms with Crippen molar-refractivity contribution < 1.29 is 14.6 Å². The number of hydrogen-bond acceptors (Lipinski definition) is 2. The molecule has 0 radical (unpaired) electrons. The van der Waals surface area contributed by atoms with E-state index in [1.54, 1.807) is 14.0 Å². The summed E-state index contributed by atoms with van der Waals surface area (Å²) >= 11 is 0. The molecule has 0 aliphatic heterocycles. The molecular formula is C15H22O3. The van der Waals surface area contributed by atoms with E-state index in [0.29, 0.717) is 13.0 Å². The van der Waals surface area contributed by atoms with Crippen LogP contribution in [0.25, 0.3) is 0 Å². The Balaban J connectivity index is 2.89. The van der Waals surface area contributed by atoms with Gasteiger partial charge in [0.15, 0.2) is 0 Å². The van der Waals surface area contributed by atoms with Crippen molar-refractivity contribution >= 4 is 5.97 Å². The summed E-state index contributed by atoms with van der Waals surface area (Å²) in [5.74, 6) is -1.11. The number of hydrogen-bond donors (Lipinski definition) is 1. The number of aliphatic carboxylic acids is 1. The highest BCUT2D eigenvalue weighted by atomic mass is 16.5. The Morgan fingerprint density at radius 2 is 2.11 bits per heavy atom. The maximum Gasteiger partial charge on any atom is 0.306 e. The summed E-state index contributed by atoms with van der Waals surface area (Å²) in [6, 6.07) is 8.11. The van der Waals surface area contributed by atoms with Crippen molar-refractivity contribution in [2.24, 2.45) is 5.92 Å². The monoisotopic (exact) mass is 250 g/mol. The van der Waals surface area contributed by atoms with E-state index in [-0.39, 0.29) is 11.3 Å². The Labute approximate surface area is 109 Å². The van der Waals surface area contributed by atoms with Crippen LogP contribution in [0.5, 0.6) is 0 Å². The van der Waals surface area contributed by atoms with Gasteiger partial charge in [-0.2, -0.15) is 0 Å². The van der Waals surface area contributed by atoms with Crippen LogP contribution in [0.4, 0.5) is 0 Å². The number of rotatable bonds is 6. The second-order valence-electron chi connectivity index (χ2n) is 5.46. The summed E-state index contributed by atoms with van der Waals surface area (Å²) in [4.78, 5) is 10.9. The third-order valence-corrected chi connectivity index (χ3v) is 3.18. The van der Waals surface area contributed by atoms with Crippen LogP contribution in [0.1, 0.15) is 31.9 Å². The normalized spacial score (nSPS) is 13.3. The number of carboxylic acid groups (broad SMARTS) is 1. The molecule has 0 bridgehead atoms. The van der Waals surface area contributed by atoms with Gasteiger partial charge in [0.1, 0.15) is 0 Å². The molecule has 1 N–H and O–H groups in total. The maximum atomic E-state index is 10.9. The standard InChI is InChI=1S/C15H22O3/c1-11(14(16)17)8-12-6-5-7-13(9-12)15(2,3)10-18-4/h5-7,9,11H,8,10H2,1-4H3,(H,16,17). The van der Waals surface area contributed by atoms with Crippen molar-refractivity contribution in [2.75, 3.05) is 13.7 Å². The predicted molar refractivity (Wildman–Crippen MR) is 71.8 cm³/mol. The van der Waals surface area contributed by atoms with Gasteiger partial charge >= 0.3 is 5.97 Å². The summed E-state index contributed by atoms with van der Waals surface area (Å²) in [6.45, 7) is 6.62. The van der Waals surface area contributed by atoms with Gasteiger partial charge in [-0.15, -0.1) is 0 Å². The molecule has 1 rings (SSSR count). The molecule has 3 nitrogen and oxygen atoms in total. The van der Waals surface area contributed by atoms with Crippen LogP contribution in [0.2, 0.25) is 0 Å². The Morgan fingerprint density at radius 3 is 2.67 bits per heavy atom. The van der Waals surface area contributed by atoms with E-state index in [4.69, 9.17) is 9.84 Å². The third kappa shape index (κ3) is 3.84. The molecular weight excluding hydrogens is 228 g/mol. The van der Waals surface area contributed by atoms with Gasteiger partial charge in [0.2, 0.25) is 0 Å². The Kier molecular flexibility index (Phi) is 4.91. The molecule has 100 valence electrons. The van der Waals surface area contributed by atoms with Gasteiger partial charge in [-0.25, -0.2) is 0 Å². The number of benzene rings is 1. The van der Waals surface area contributed by atoms with Crippen molar-refractivity contribution in [2.45, 2.75) is 32.6 Å². The van der Waals surface area contributed by atoms with E-state index in [0.717, 1.165) is 5.56 Å². The molecule has 0 aliphatic carbocycles. The van der Waals surface area contributed by atoms with E-state index in [1.165, 1.54) is 5.56 Å². The zero-order valence-electron chi connectivity index (χ0n) is 11.6. The zero-order valence-corrected chi connectivity index (χ0v) is 11.6. The van der Waals surface area contributed by atoms with Crippen LogP contribution in [0, 0.1) is 5.92 Å². The van der Waals surface area contributed by atoms with E-state index in [1.807, 2.05) is 12.1 Å². The van der Waals surface area contributed by atoms with E-state index < -0.39 is 5.97 Å². The van der Waals surface area contributed by atoms with Gasteiger partial charge in [0.25, 0.3) is 0 Å². The number of methoxy groups -OCH3 is 1. The summed E-state index contributed by atoms with van der Waals surface area (Å²) in [7, 11) is 1.69. The number of ether oxygens (including phenoxy) is 1. The Hall–Kier alpha value is -1.35. The first kappa shape index (κ1) is 14.7. The van der Waals surface area contributed by atoms with Crippen molar-refractivity contribution in [3.63, 3.8) is 0 Å². The molecule has 0 saturated heterocycles. The zero-order chi connectivity index (χ0) is 13.8. The van der Waals surface area contributed by atoms with Crippen LogP contribution >= 0.6 is 0 Å². The average molecular weight is 250 g/mol. The first-order chi connectivity index (χ1) is 8.36. The van der Waals surface area contributed by atoms with E-state index >= 15 is 0 Å². The van der Waals surface area contributed by atoms with Gasteiger partial charge in [0, 0.05) is 12.5 Å². The summed E-state index contributed by atoms with van der Waals surface area (Å²) in [5, 5.41) is 8.94. The number of carboxylic acids is 1. The lowest BCUT2D eigenvalue weighted by Gasteiger charge is -2.25. The lowest BCUT2D eigenvalue weighted by Crippen LogP contribution is -2.23. The average Bonchev–Trinajstić information content (AvgIpc) is 2.29. The molecule has 3 heteroatoms. The summed E-state index contributed by atoms with van der Waals surface area (Å²) in [6.07, 6.45) is 0.562. The van der Waals surface area contributed by atoms with Crippen molar-refractivity contribution in [3.05, 3.63) is 35.4 Å². The topological polar surface area (TPSA) is 46.5 Å². The van der Waals surface area contributed by atoms with Crippen molar-refractivity contribution in [1.29, 1.82) is 0 Å². The summed E-state index contributed by atoms with van der Waals surface area (Å²) in [5.41, 5.74) is 2.18. The van der Waals surface area contributed by atoms with E-state index in [2.05, 4.69) is 26.0 Å². The predicted octanol–water partition coefficient (Wildman–Crippen LogP) is 2.87. The highest BCUT2D eigenvalue weighted by molar-refractivity contribution is 5.69. The quantitative estimate of drug-likeness (QED) is 0.844. The summed E-state index contributed by atoms with van der Waals surface area (Å²) < 4.78 is 5.23. The largest absolute Gasteiger partial charge is 0.481 e. The van der Waals surface area contributed by atoms with E-state index in [9.17, 15) is 4.79 Å². The minimum Gasteiger partial charge on any atom is -0.481 e. The molecule has 0 aliphatic rings. The van der Waals surface area contributed by atoms with Gasteiger partial charge in [-0.1, -0.05) is 45.0 Å². The lowest BCUT2D eigenvalue weighted by molar-refractivity contribution is -0.141. The fraction of sp³-hybridized carbons (Fsp3) is 0.533. The molecule has 1 aromatic rings. The van der Waals surface area contributed by atoms with Crippen LogP contribution in [0.3, 0.4) is 0 Å². The molecule has 1 unspecified atom stereocenters. The molecule has 18 heavy (non-hydrogen) atoms. The molecule has 0 amide bonds. The second-order valence-corrected chi connectivity index (χ2v) is 5.46. The first-order valence-corrected chi connectivity index (χ1v) is 6.18. The van der Waals surface area contributed by atoms with Gasteiger partial charge in [0.05, 0.1) is 12.5 Å². The molecule has 0 fully saturated rings. The first-order valence-electron chi connectivity index (χ1n) is 6.18. The van der Waals surface area contributed by atoms with Crippen LogP contribution in [-0.4, -0.2) is 24.8 Å². The second kappa shape index (κ2) is 6.01. The van der Waals surface area contributed by atoms with Crippen LogP contribution < -0.4 is 0 Å². The smallest absolute Gasteiger partial charge is 0.306 e. The molecule has 1 aromatic carbocycles. The highest BCUT2D eigenvalue weighted by Gasteiger charge is 2.21.